The van der Waals surface area contributed by atoms with Crippen molar-refractivity contribution in [1.29, 1.82) is 0 Å². The highest BCUT2D eigenvalue weighted by atomic mass is 16.2. The Bertz CT molecular complexity index is 222. The molecule has 2 amide bonds. The van der Waals surface area contributed by atoms with Crippen LogP contribution in [0.2, 0.25) is 0 Å². The summed E-state index contributed by atoms with van der Waals surface area (Å²) < 4.78 is 0. The van der Waals surface area contributed by atoms with E-state index in [0.29, 0.717) is 0 Å². The molecule has 0 N–H and O–H groups in total. The Kier molecular flexibility index (Phi) is 1.03. The molecule has 3 nitrogen and oxygen atoms in total. The predicted octanol–water partition coefficient (Wildman–Crippen LogP) is 0.544. The zero-order chi connectivity index (χ0) is 8.22. The van der Waals surface area contributed by atoms with Crippen LogP contribution in [0.3, 0.4) is 0 Å². The summed E-state index contributed by atoms with van der Waals surface area (Å²) in [5.74, 6) is 0.106. The highest BCUT2D eigenvalue weighted by Gasteiger charge is 2.69. The fraction of sp³-hybridized carbons (Fsp3) is 0.750. The van der Waals surface area contributed by atoms with Gasteiger partial charge in [0.15, 0.2) is 0 Å². The van der Waals surface area contributed by atoms with E-state index in [-0.39, 0.29) is 17.9 Å². The SMILES string of the molecule is CC(C)N1C(=O)C2(CC2)C1=O. The van der Waals surface area contributed by atoms with Crippen molar-refractivity contribution in [2.24, 2.45) is 5.41 Å². The number of rotatable bonds is 1. The largest absolute Gasteiger partial charge is 0.278 e. The van der Waals surface area contributed by atoms with E-state index in [9.17, 15) is 9.59 Å². The Labute approximate surface area is 65.4 Å². The molecule has 0 atom stereocenters. The Hall–Kier alpha value is -0.860. The highest BCUT2D eigenvalue weighted by molar-refractivity contribution is 6.24. The van der Waals surface area contributed by atoms with Crippen LogP contribution < -0.4 is 0 Å². The van der Waals surface area contributed by atoms with Crippen LogP contribution in [0.15, 0.2) is 0 Å². The van der Waals surface area contributed by atoms with E-state index < -0.39 is 5.41 Å². The number of carbonyl (C=O) groups is 2. The van der Waals surface area contributed by atoms with E-state index in [4.69, 9.17) is 0 Å². The summed E-state index contributed by atoms with van der Waals surface area (Å²) in [7, 11) is 0. The maximum absolute atomic E-state index is 11.3. The van der Waals surface area contributed by atoms with E-state index >= 15 is 0 Å². The summed E-state index contributed by atoms with van der Waals surface area (Å²) >= 11 is 0. The van der Waals surface area contributed by atoms with Crippen molar-refractivity contribution in [3.8, 4) is 0 Å². The summed E-state index contributed by atoms with van der Waals surface area (Å²) in [4.78, 5) is 24.0. The van der Waals surface area contributed by atoms with Crippen molar-refractivity contribution in [3.05, 3.63) is 0 Å². The van der Waals surface area contributed by atoms with E-state index in [1.165, 1.54) is 4.90 Å². The lowest BCUT2D eigenvalue weighted by molar-refractivity contribution is -0.170. The molecule has 0 aromatic rings. The monoisotopic (exact) mass is 153 g/mol. The molecule has 2 aliphatic rings. The molecule has 1 aliphatic carbocycles. The third kappa shape index (κ3) is 0.588. The normalized spacial score (nSPS) is 26.3. The molecule has 1 saturated heterocycles. The van der Waals surface area contributed by atoms with Gasteiger partial charge in [0, 0.05) is 6.04 Å². The smallest absolute Gasteiger partial charge is 0.245 e. The molecule has 1 heterocycles. The number of likely N-dealkylation sites (tertiary alicyclic amines) is 1. The summed E-state index contributed by atoms with van der Waals surface area (Å²) in [6, 6.07) is 0.0428. The third-order valence-corrected chi connectivity index (χ3v) is 2.52. The van der Waals surface area contributed by atoms with Crippen molar-refractivity contribution in [2.45, 2.75) is 32.7 Å². The number of hydrogen-bond donors (Lipinski definition) is 0. The van der Waals surface area contributed by atoms with Crippen molar-refractivity contribution < 1.29 is 9.59 Å². The second kappa shape index (κ2) is 1.65. The number of imide groups is 1. The lowest BCUT2D eigenvalue weighted by Crippen LogP contribution is -2.61. The van der Waals surface area contributed by atoms with Gasteiger partial charge in [-0.25, -0.2) is 0 Å². The van der Waals surface area contributed by atoms with Gasteiger partial charge < -0.3 is 0 Å². The van der Waals surface area contributed by atoms with E-state index in [1.807, 2.05) is 13.8 Å². The fourth-order valence-corrected chi connectivity index (χ4v) is 1.61. The van der Waals surface area contributed by atoms with E-state index in [2.05, 4.69) is 0 Å². The fourth-order valence-electron chi connectivity index (χ4n) is 1.61. The summed E-state index contributed by atoms with van der Waals surface area (Å²) in [5.41, 5.74) is -0.510. The molecule has 0 aromatic heterocycles. The minimum atomic E-state index is -0.510. The standard InChI is InChI=1S/C8H11NO2/c1-5(2)9-6(10)8(3-4-8)7(9)11/h5H,3-4H2,1-2H3. The molecule has 0 radical (unpaired) electrons. The van der Waals surface area contributed by atoms with Crippen molar-refractivity contribution in [2.75, 3.05) is 0 Å². The van der Waals surface area contributed by atoms with Crippen LogP contribution in [0.1, 0.15) is 26.7 Å². The van der Waals surface area contributed by atoms with E-state index in [1.54, 1.807) is 0 Å². The quantitative estimate of drug-likeness (QED) is 0.407. The number of nitrogens with zero attached hydrogens (tertiary/aromatic N) is 1. The topological polar surface area (TPSA) is 37.4 Å². The van der Waals surface area contributed by atoms with Gasteiger partial charge in [-0.15, -0.1) is 0 Å². The van der Waals surface area contributed by atoms with Crippen molar-refractivity contribution in [3.63, 3.8) is 0 Å². The first-order valence-corrected chi connectivity index (χ1v) is 3.98. The molecule has 1 saturated carbocycles. The Morgan fingerprint density at radius 1 is 1.27 bits per heavy atom. The highest BCUT2D eigenvalue weighted by Crippen LogP contribution is 2.55. The van der Waals surface area contributed by atoms with Gasteiger partial charge in [-0.05, 0) is 26.7 Å². The molecular weight excluding hydrogens is 142 g/mol. The van der Waals surface area contributed by atoms with Gasteiger partial charge in [0.05, 0.1) is 0 Å². The van der Waals surface area contributed by atoms with Crippen LogP contribution in [-0.4, -0.2) is 22.8 Å². The molecule has 60 valence electrons. The average Bonchev–Trinajstić information content (AvgIpc) is 2.66. The molecular formula is C8H11NO2. The molecule has 1 aliphatic heterocycles. The Morgan fingerprint density at radius 2 is 1.73 bits per heavy atom. The summed E-state index contributed by atoms with van der Waals surface area (Å²) in [6.07, 6.45) is 1.57. The Balaban J connectivity index is 2.19. The first-order valence-electron chi connectivity index (χ1n) is 3.98. The van der Waals surface area contributed by atoms with Gasteiger partial charge in [-0.3, -0.25) is 14.5 Å². The molecule has 11 heavy (non-hydrogen) atoms. The van der Waals surface area contributed by atoms with Crippen LogP contribution >= 0.6 is 0 Å². The van der Waals surface area contributed by atoms with Gasteiger partial charge in [0.25, 0.3) is 0 Å². The second-order valence-electron chi connectivity index (χ2n) is 3.66. The first-order chi connectivity index (χ1) is 5.09. The van der Waals surface area contributed by atoms with Crippen LogP contribution in [0.5, 0.6) is 0 Å². The first kappa shape index (κ1) is 6.83. The molecule has 3 heteroatoms. The van der Waals surface area contributed by atoms with Gasteiger partial charge in [-0.2, -0.15) is 0 Å². The summed E-state index contributed by atoms with van der Waals surface area (Å²) in [6.45, 7) is 3.73. The van der Waals surface area contributed by atoms with Gasteiger partial charge in [-0.1, -0.05) is 0 Å². The predicted molar refractivity (Wildman–Crippen MR) is 38.7 cm³/mol. The summed E-state index contributed by atoms with van der Waals surface area (Å²) in [5, 5.41) is 0. The lowest BCUT2D eigenvalue weighted by Gasteiger charge is -2.39. The molecule has 0 unspecified atom stereocenters. The number of β-lactam (4-membered cyclic amide) rings is 2. The lowest BCUT2D eigenvalue weighted by atomic mass is 9.92. The molecule has 2 rings (SSSR count). The maximum atomic E-state index is 11.3. The van der Waals surface area contributed by atoms with Gasteiger partial charge in [0.2, 0.25) is 11.8 Å². The second-order valence-corrected chi connectivity index (χ2v) is 3.66. The molecule has 0 bridgehead atoms. The number of amides is 2. The molecule has 2 fully saturated rings. The van der Waals surface area contributed by atoms with E-state index in [0.717, 1.165) is 12.8 Å². The average molecular weight is 153 g/mol. The Morgan fingerprint density at radius 3 is 2.00 bits per heavy atom. The van der Waals surface area contributed by atoms with Crippen LogP contribution in [0, 0.1) is 5.41 Å². The minimum Gasteiger partial charge on any atom is -0.278 e. The molecule has 0 aromatic carbocycles. The van der Waals surface area contributed by atoms with Crippen molar-refractivity contribution in [1.82, 2.24) is 4.90 Å². The number of hydrogen-bond acceptors (Lipinski definition) is 2. The zero-order valence-corrected chi connectivity index (χ0v) is 6.76. The van der Waals surface area contributed by atoms with Crippen molar-refractivity contribution >= 4 is 11.8 Å². The van der Waals surface area contributed by atoms with Crippen LogP contribution in [0.25, 0.3) is 0 Å². The third-order valence-electron chi connectivity index (χ3n) is 2.52. The van der Waals surface area contributed by atoms with Gasteiger partial charge >= 0.3 is 0 Å². The van der Waals surface area contributed by atoms with Crippen LogP contribution in [-0.2, 0) is 9.59 Å². The minimum absolute atomic E-state index is 0.0428. The zero-order valence-electron chi connectivity index (χ0n) is 6.76. The molecule has 1 spiro atoms. The van der Waals surface area contributed by atoms with Gasteiger partial charge in [0.1, 0.15) is 5.41 Å². The van der Waals surface area contributed by atoms with Crippen LogP contribution in [0.4, 0.5) is 0 Å². The maximum Gasteiger partial charge on any atom is 0.245 e. The number of carbonyl (C=O) groups excluding carboxylic acids is 2.